The Morgan fingerprint density at radius 1 is 1.32 bits per heavy atom. The van der Waals surface area contributed by atoms with Crippen LogP contribution in [-0.4, -0.2) is 12.6 Å². The van der Waals surface area contributed by atoms with Crippen molar-refractivity contribution >= 4 is 11.6 Å². The van der Waals surface area contributed by atoms with E-state index in [1.54, 1.807) is 6.07 Å². The Morgan fingerprint density at radius 3 is 2.79 bits per heavy atom. The summed E-state index contributed by atoms with van der Waals surface area (Å²) in [6.07, 6.45) is 0.812. The summed E-state index contributed by atoms with van der Waals surface area (Å²) >= 11 is 6.02. The van der Waals surface area contributed by atoms with Gasteiger partial charge in [0.25, 0.3) is 0 Å². The molecule has 2 rings (SSSR count). The van der Waals surface area contributed by atoms with Gasteiger partial charge in [0.15, 0.2) is 0 Å². The number of rotatable bonds is 5. The first-order valence-electron chi connectivity index (χ1n) is 6.37. The first-order valence-corrected chi connectivity index (χ1v) is 6.75. The van der Waals surface area contributed by atoms with Crippen LogP contribution in [-0.2, 0) is 6.42 Å². The Morgan fingerprint density at radius 2 is 2.11 bits per heavy atom. The van der Waals surface area contributed by atoms with Crippen molar-refractivity contribution in [3.8, 4) is 11.3 Å². The lowest BCUT2D eigenvalue weighted by Gasteiger charge is -2.09. The van der Waals surface area contributed by atoms with Crippen LogP contribution < -0.4 is 5.32 Å². The molecule has 1 unspecified atom stereocenters. The van der Waals surface area contributed by atoms with E-state index in [9.17, 15) is 4.39 Å². The average Bonchev–Trinajstić information content (AvgIpc) is 2.77. The third-order valence-corrected chi connectivity index (χ3v) is 3.23. The lowest BCUT2D eigenvalue weighted by Crippen LogP contribution is -2.27. The van der Waals surface area contributed by atoms with Gasteiger partial charge in [-0.1, -0.05) is 18.5 Å². The Balaban J connectivity index is 2.16. The highest BCUT2D eigenvalue weighted by atomic mass is 35.5. The molecule has 2 aromatic rings. The fourth-order valence-corrected chi connectivity index (χ4v) is 2.30. The third kappa shape index (κ3) is 3.58. The normalized spacial score (nSPS) is 12.6. The van der Waals surface area contributed by atoms with Gasteiger partial charge in [-0.15, -0.1) is 0 Å². The van der Waals surface area contributed by atoms with Gasteiger partial charge in [-0.25, -0.2) is 4.39 Å². The van der Waals surface area contributed by atoms with Gasteiger partial charge in [0.1, 0.15) is 17.3 Å². The maximum Gasteiger partial charge on any atom is 0.135 e. The van der Waals surface area contributed by atoms with Gasteiger partial charge in [0, 0.05) is 18.0 Å². The third-order valence-electron chi connectivity index (χ3n) is 2.92. The summed E-state index contributed by atoms with van der Waals surface area (Å²) in [7, 11) is 0. The van der Waals surface area contributed by atoms with Crippen LogP contribution in [0.1, 0.15) is 19.6 Å². The molecule has 0 fully saturated rings. The van der Waals surface area contributed by atoms with E-state index in [1.807, 2.05) is 12.1 Å². The molecule has 0 saturated carbocycles. The monoisotopic (exact) mass is 281 g/mol. The first kappa shape index (κ1) is 14.1. The van der Waals surface area contributed by atoms with Crippen LogP contribution in [0.25, 0.3) is 11.3 Å². The lowest BCUT2D eigenvalue weighted by molar-refractivity contribution is 0.470. The largest absolute Gasteiger partial charge is 0.461 e. The van der Waals surface area contributed by atoms with Crippen LogP contribution >= 0.6 is 11.6 Å². The minimum absolute atomic E-state index is 0.346. The molecule has 0 radical (unpaired) electrons. The summed E-state index contributed by atoms with van der Waals surface area (Å²) in [5, 5.41) is 3.69. The summed E-state index contributed by atoms with van der Waals surface area (Å²) < 4.78 is 18.8. The molecule has 2 nitrogen and oxygen atoms in total. The minimum atomic E-state index is -0.346. The molecule has 1 aromatic carbocycles. The SMILES string of the molecule is CCNC(C)Cc1ccc(-c2ccc(F)cc2Cl)o1. The van der Waals surface area contributed by atoms with Crippen molar-refractivity contribution in [3.05, 3.63) is 46.9 Å². The van der Waals surface area contributed by atoms with Gasteiger partial charge in [-0.3, -0.25) is 0 Å². The maximum atomic E-state index is 13.0. The fourth-order valence-electron chi connectivity index (χ4n) is 2.04. The van der Waals surface area contributed by atoms with E-state index in [4.69, 9.17) is 16.0 Å². The molecule has 19 heavy (non-hydrogen) atoms. The zero-order valence-corrected chi connectivity index (χ0v) is 11.8. The molecule has 1 N–H and O–H groups in total. The molecule has 1 aromatic heterocycles. The van der Waals surface area contributed by atoms with Crippen molar-refractivity contribution in [2.45, 2.75) is 26.3 Å². The first-order chi connectivity index (χ1) is 9.10. The molecule has 0 saturated heterocycles. The number of nitrogens with one attached hydrogen (secondary N) is 1. The quantitative estimate of drug-likeness (QED) is 0.885. The Hall–Kier alpha value is -1.32. The van der Waals surface area contributed by atoms with E-state index in [-0.39, 0.29) is 5.82 Å². The minimum Gasteiger partial charge on any atom is -0.461 e. The van der Waals surface area contributed by atoms with E-state index < -0.39 is 0 Å². The van der Waals surface area contributed by atoms with Crippen molar-refractivity contribution in [1.82, 2.24) is 5.32 Å². The zero-order valence-electron chi connectivity index (χ0n) is 11.0. The van der Waals surface area contributed by atoms with Crippen LogP contribution in [0.5, 0.6) is 0 Å². The average molecular weight is 282 g/mol. The van der Waals surface area contributed by atoms with Gasteiger partial charge >= 0.3 is 0 Å². The van der Waals surface area contributed by atoms with Crippen LogP contribution in [0.4, 0.5) is 4.39 Å². The smallest absolute Gasteiger partial charge is 0.135 e. The van der Waals surface area contributed by atoms with Gasteiger partial charge in [0.2, 0.25) is 0 Å². The molecular formula is C15H17ClFNO. The molecule has 0 aliphatic rings. The molecule has 102 valence electrons. The maximum absolute atomic E-state index is 13.0. The van der Waals surface area contributed by atoms with Crippen LogP contribution in [0, 0.1) is 5.82 Å². The van der Waals surface area contributed by atoms with Crippen molar-refractivity contribution in [3.63, 3.8) is 0 Å². The number of likely N-dealkylation sites (N-methyl/N-ethyl adjacent to an activating group) is 1. The second-order valence-corrected chi connectivity index (χ2v) is 4.96. The second kappa shape index (κ2) is 6.22. The highest BCUT2D eigenvalue weighted by Gasteiger charge is 2.11. The molecule has 1 atom stereocenters. The summed E-state index contributed by atoms with van der Waals surface area (Å²) in [5.41, 5.74) is 0.713. The van der Waals surface area contributed by atoms with Crippen LogP contribution in [0.3, 0.4) is 0 Å². The highest BCUT2D eigenvalue weighted by molar-refractivity contribution is 6.33. The predicted octanol–water partition coefficient (Wildman–Crippen LogP) is 4.28. The number of hydrogen-bond donors (Lipinski definition) is 1. The molecule has 1 heterocycles. The van der Waals surface area contributed by atoms with Crippen molar-refractivity contribution < 1.29 is 8.81 Å². The van der Waals surface area contributed by atoms with E-state index >= 15 is 0 Å². The molecule has 0 aliphatic heterocycles. The molecule has 4 heteroatoms. The van der Waals surface area contributed by atoms with E-state index in [2.05, 4.69) is 19.2 Å². The number of hydrogen-bond acceptors (Lipinski definition) is 2. The Labute approximate surface area is 117 Å². The van der Waals surface area contributed by atoms with Gasteiger partial charge in [-0.2, -0.15) is 0 Å². The standard InChI is InChI=1S/C15H17ClFNO/c1-3-18-10(2)8-12-5-7-15(19-12)13-6-4-11(17)9-14(13)16/h4-7,9-10,18H,3,8H2,1-2H3. The molecular weight excluding hydrogens is 265 g/mol. The van der Waals surface area contributed by atoms with Crippen LogP contribution in [0.15, 0.2) is 34.7 Å². The second-order valence-electron chi connectivity index (χ2n) is 4.55. The fraction of sp³-hybridized carbons (Fsp3) is 0.333. The Kier molecular flexibility index (Phi) is 4.61. The summed E-state index contributed by atoms with van der Waals surface area (Å²) in [4.78, 5) is 0. The molecule has 0 amide bonds. The van der Waals surface area contributed by atoms with E-state index in [1.165, 1.54) is 12.1 Å². The summed E-state index contributed by atoms with van der Waals surface area (Å²) in [6, 6.07) is 8.46. The molecule has 0 spiro atoms. The Bertz CT molecular complexity index is 553. The summed E-state index contributed by atoms with van der Waals surface area (Å²) in [5.74, 6) is 1.22. The van der Waals surface area contributed by atoms with Crippen LogP contribution in [0.2, 0.25) is 5.02 Å². The van der Waals surface area contributed by atoms with Gasteiger partial charge in [-0.05, 0) is 43.8 Å². The summed E-state index contributed by atoms with van der Waals surface area (Å²) in [6.45, 7) is 5.11. The predicted molar refractivity (Wildman–Crippen MR) is 76.0 cm³/mol. The number of halogens is 2. The molecule has 0 bridgehead atoms. The van der Waals surface area contributed by atoms with Crippen molar-refractivity contribution in [2.75, 3.05) is 6.54 Å². The lowest BCUT2D eigenvalue weighted by atomic mass is 10.1. The van der Waals surface area contributed by atoms with Crippen molar-refractivity contribution in [1.29, 1.82) is 0 Å². The topological polar surface area (TPSA) is 25.2 Å². The van der Waals surface area contributed by atoms with Gasteiger partial charge in [0.05, 0.1) is 5.02 Å². The zero-order chi connectivity index (χ0) is 13.8. The number of benzene rings is 1. The van der Waals surface area contributed by atoms with Crippen molar-refractivity contribution in [2.24, 2.45) is 0 Å². The number of furan rings is 1. The van der Waals surface area contributed by atoms with E-state index in [0.29, 0.717) is 22.4 Å². The molecule has 0 aliphatic carbocycles. The van der Waals surface area contributed by atoms with Gasteiger partial charge < -0.3 is 9.73 Å². The van der Waals surface area contributed by atoms with E-state index in [0.717, 1.165) is 18.7 Å². The highest BCUT2D eigenvalue weighted by Crippen LogP contribution is 2.30.